The molecule has 0 aliphatic carbocycles. The van der Waals surface area contributed by atoms with Gasteiger partial charge in [0, 0.05) is 18.7 Å². The van der Waals surface area contributed by atoms with Crippen molar-refractivity contribution in [2.75, 3.05) is 26.8 Å². The number of benzene rings is 2. The molecule has 0 radical (unpaired) electrons. The zero-order chi connectivity index (χ0) is 20.4. The van der Waals surface area contributed by atoms with E-state index >= 15 is 0 Å². The number of hydrogen-bond donors (Lipinski definition) is 3. The van der Waals surface area contributed by atoms with Crippen LogP contribution in [0.3, 0.4) is 0 Å². The van der Waals surface area contributed by atoms with Gasteiger partial charge < -0.3 is 25.2 Å². The second-order valence-electron chi connectivity index (χ2n) is 6.41. The third kappa shape index (κ3) is 6.46. The first-order valence-electron chi connectivity index (χ1n) is 9.63. The number of guanidine groups is 1. The van der Waals surface area contributed by atoms with Crippen LogP contribution in [-0.2, 0) is 6.54 Å². The Labute approximate surface area is 167 Å². The third-order valence-corrected chi connectivity index (χ3v) is 4.22. The number of methoxy groups -OCH3 is 1. The molecule has 0 aliphatic heterocycles. The lowest BCUT2D eigenvalue weighted by molar-refractivity contribution is 0.180. The zero-order valence-corrected chi connectivity index (χ0v) is 17.2. The lowest BCUT2D eigenvalue weighted by atomic mass is 10.1. The molecular weight excluding hydrogens is 354 g/mol. The number of rotatable bonds is 9. The van der Waals surface area contributed by atoms with E-state index < -0.39 is 6.10 Å². The molecule has 2 aromatic carbocycles. The molecule has 0 saturated carbocycles. The van der Waals surface area contributed by atoms with Gasteiger partial charge in [0.15, 0.2) is 5.96 Å². The second-order valence-corrected chi connectivity index (χ2v) is 6.41. The summed E-state index contributed by atoms with van der Waals surface area (Å²) in [7, 11) is 1.61. The van der Waals surface area contributed by atoms with Gasteiger partial charge in [-0.2, -0.15) is 0 Å². The lowest BCUT2D eigenvalue weighted by Crippen LogP contribution is -2.39. The van der Waals surface area contributed by atoms with Crippen LogP contribution in [0.25, 0.3) is 0 Å². The van der Waals surface area contributed by atoms with E-state index in [0.29, 0.717) is 25.7 Å². The fourth-order valence-electron chi connectivity index (χ4n) is 2.75. The van der Waals surface area contributed by atoms with E-state index in [9.17, 15) is 5.11 Å². The van der Waals surface area contributed by atoms with E-state index in [1.807, 2.05) is 57.2 Å². The second kappa shape index (κ2) is 11.2. The summed E-state index contributed by atoms with van der Waals surface area (Å²) in [5.41, 5.74) is 2.97. The van der Waals surface area contributed by atoms with Gasteiger partial charge in [-0.05, 0) is 50.1 Å². The van der Waals surface area contributed by atoms with Crippen molar-refractivity contribution in [2.24, 2.45) is 4.99 Å². The summed E-state index contributed by atoms with van der Waals surface area (Å²) in [6.45, 7) is 8.19. The zero-order valence-electron chi connectivity index (χ0n) is 17.2. The van der Waals surface area contributed by atoms with Crippen molar-refractivity contribution < 1.29 is 14.6 Å². The van der Waals surface area contributed by atoms with Crippen LogP contribution in [-0.4, -0.2) is 37.9 Å². The molecule has 6 nitrogen and oxygen atoms in total. The highest BCUT2D eigenvalue weighted by Crippen LogP contribution is 2.21. The standard InChI is InChI=1S/C22H31N3O3/c1-5-23-22(24-14-18-11-10-16(3)12-21(18)28-6-2)25-15-20(26)17-8-7-9-19(13-17)27-4/h7-13,20,26H,5-6,14-15H2,1-4H3,(H2,23,24,25). The van der Waals surface area contributed by atoms with E-state index in [-0.39, 0.29) is 0 Å². The molecule has 1 atom stereocenters. The monoisotopic (exact) mass is 385 g/mol. The fourth-order valence-corrected chi connectivity index (χ4v) is 2.75. The van der Waals surface area contributed by atoms with Crippen LogP contribution in [0, 0.1) is 6.92 Å². The van der Waals surface area contributed by atoms with E-state index in [0.717, 1.165) is 34.7 Å². The minimum Gasteiger partial charge on any atom is -0.497 e. The predicted molar refractivity (Wildman–Crippen MR) is 113 cm³/mol. The molecule has 0 saturated heterocycles. The van der Waals surface area contributed by atoms with Crippen molar-refractivity contribution in [2.45, 2.75) is 33.4 Å². The van der Waals surface area contributed by atoms with Crippen molar-refractivity contribution in [3.05, 3.63) is 59.2 Å². The molecular formula is C22H31N3O3. The van der Waals surface area contributed by atoms with E-state index in [2.05, 4.69) is 21.7 Å². The minimum atomic E-state index is -0.669. The first-order chi connectivity index (χ1) is 13.6. The summed E-state index contributed by atoms with van der Waals surface area (Å²) < 4.78 is 10.9. The van der Waals surface area contributed by atoms with E-state index in [4.69, 9.17) is 9.47 Å². The van der Waals surface area contributed by atoms with Crippen LogP contribution in [0.1, 0.15) is 36.6 Å². The molecule has 28 heavy (non-hydrogen) atoms. The van der Waals surface area contributed by atoms with Crippen LogP contribution in [0.5, 0.6) is 11.5 Å². The highest BCUT2D eigenvalue weighted by atomic mass is 16.5. The fraction of sp³-hybridized carbons (Fsp3) is 0.409. The summed E-state index contributed by atoms with van der Waals surface area (Å²) >= 11 is 0. The largest absolute Gasteiger partial charge is 0.497 e. The molecule has 2 aromatic rings. The number of ether oxygens (including phenoxy) is 2. The van der Waals surface area contributed by atoms with Crippen LogP contribution in [0.15, 0.2) is 47.5 Å². The predicted octanol–water partition coefficient (Wildman–Crippen LogP) is 3.19. The number of hydrogen-bond acceptors (Lipinski definition) is 4. The van der Waals surface area contributed by atoms with Crippen molar-refractivity contribution >= 4 is 5.96 Å². The van der Waals surface area contributed by atoms with E-state index in [1.165, 1.54) is 0 Å². The average Bonchev–Trinajstić information content (AvgIpc) is 2.71. The number of aryl methyl sites for hydroxylation is 1. The normalized spacial score (nSPS) is 12.4. The van der Waals surface area contributed by atoms with E-state index in [1.54, 1.807) is 7.11 Å². The molecule has 6 heteroatoms. The Morgan fingerprint density at radius 3 is 2.68 bits per heavy atom. The van der Waals surface area contributed by atoms with Gasteiger partial charge in [0.2, 0.25) is 0 Å². The molecule has 3 N–H and O–H groups in total. The van der Waals surface area contributed by atoms with Gasteiger partial charge in [-0.3, -0.25) is 0 Å². The first-order valence-corrected chi connectivity index (χ1v) is 9.63. The van der Waals surface area contributed by atoms with Gasteiger partial charge in [-0.15, -0.1) is 0 Å². The molecule has 0 fully saturated rings. The first kappa shape index (κ1) is 21.6. The SMILES string of the molecule is CCNC(=NCc1ccc(C)cc1OCC)NCC(O)c1cccc(OC)c1. The molecule has 0 bridgehead atoms. The number of nitrogens with zero attached hydrogens (tertiary/aromatic N) is 1. The molecule has 0 spiro atoms. The van der Waals surface area contributed by atoms with Gasteiger partial charge in [0.25, 0.3) is 0 Å². The number of aliphatic hydroxyl groups is 1. The molecule has 0 aliphatic rings. The smallest absolute Gasteiger partial charge is 0.191 e. The van der Waals surface area contributed by atoms with Crippen LogP contribution < -0.4 is 20.1 Å². The Morgan fingerprint density at radius 2 is 1.96 bits per heavy atom. The van der Waals surface area contributed by atoms with Gasteiger partial charge in [0.05, 0.1) is 26.4 Å². The molecule has 1 unspecified atom stereocenters. The van der Waals surface area contributed by atoms with Crippen molar-refractivity contribution in [3.8, 4) is 11.5 Å². The maximum Gasteiger partial charge on any atom is 0.191 e. The Morgan fingerprint density at radius 1 is 1.14 bits per heavy atom. The summed E-state index contributed by atoms with van der Waals surface area (Å²) in [5, 5.41) is 16.9. The van der Waals surface area contributed by atoms with Gasteiger partial charge in [-0.25, -0.2) is 4.99 Å². The number of nitrogens with one attached hydrogen (secondary N) is 2. The lowest BCUT2D eigenvalue weighted by Gasteiger charge is -2.16. The quantitative estimate of drug-likeness (QED) is 0.457. The number of aliphatic hydroxyl groups excluding tert-OH is 1. The molecule has 2 rings (SSSR count). The maximum atomic E-state index is 10.5. The summed E-state index contributed by atoms with van der Waals surface area (Å²) in [6, 6.07) is 13.5. The molecule has 0 aromatic heterocycles. The summed E-state index contributed by atoms with van der Waals surface area (Å²) in [5.74, 6) is 2.23. The number of aliphatic imine (C=N–C) groups is 1. The van der Waals surface area contributed by atoms with Crippen molar-refractivity contribution in [1.29, 1.82) is 0 Å². The molecule has 0 amide bonds. The summed E-state index contributed by atoms with van der Waals surface area (Å²) in [6.07, 6.45) is -0.669. The van der Waals surface area contributed by atoms with Gasteiger partial charge in [0.1, 0.15) is 11.5 Å². The third-order valence-electron chi connectivity index (χ3n) is 4.22. The minimum absolute atomic E-state index is 0.339. The van der Waals surface area contributed by atoms with Crippen molar-refractivity contribution in [3.63, 3.8) is 0 Å². The molecule has 0 heterocycles. The van der Waals surface area contributed by atoms with Crippen LogP contribution in [0.2, 0.25) is 0 Å². The topological polar surface area (TPSA) is 75.1 Å². The van der Waals surface area contributed by atoms with Crippen LogP contribution in [0.4, 0.5) is 0 Å². The average molecular weight is 386 g/mol. The Balaban J connectivity index is 2.04. The maximum absolute atomic E-state index is 10.5. The highest BCUT2D eigenvalue weighted by Gasteiger charge is 2.10. The highest BCUT2D eigenvalue weighted by molar-refractivity contribution is 5.79. The Hall–Kier alpha value is -2.73. The van der Waals surface area contributed by atoms with Gasteiger partial charge >= 0.3 is 0 Å². The van der Waals surface area contributed by atoms with Crippen molar-refractivity contribution in [1.82, 2.24) is 10.6 Å². The van der Waals surface area contributed by atoms with Gasteiger partial charge in [-0.1, -0.05) is 24.3 Å². The Bertz CT molecular complexity index is 777. The Kier molecular flexibility index (Phi) is 8.62. The summed E-state index contributed by atoms with van der Waals surface area (Å²) in [4.78, 5) is 4.63. The van der Waals surface area contributed by atoms with Crippen LogP contribution >= 0.6 is 0 Å². The molecule has 152 valence electrons.